The van der Waals surface area contributed by atoms with E-state index in [2.05, 4.69) is 20.4 Å². The second-order valence-electron chi connectivity index (χ2n) is 6.49. The van der Waals surface area contributed by atoms with E-state index in [1.54, 1.807) is 29.9 Å². The summed E-state index contributed by atoms with van der Waals surface area (Å²) in [5.41, 5.74) is 3.56. The van der Waals surface area contributed by atoms with Gasteiger partial charge < -0.3 is 9.73 Å². The lowest BCUT2D eigenvalue weighted by Gasteiger charge is -2.06. The van der Waals surface area contributed by atoms with Gasteiger partial charge in [0.2, 0.25) is 5.89 Å². The first kappa shape index (κ1) is 17.7. The Morgan fingerprint density at radius 2 is 1.86 bits per heavy atom. The van der Waals surface area contributed by atoms with Crippen molar-refractivity contribution >= 4 is 11.6 Å². The van der Waals surface area contributed by atoms with Crippen LogP contribution in [0.2, 0.25) is 0 Å². The van der Waals surface area contributed by atoms with Crippen LogP contribution in [0.4, 0.5) is 5.69 Å². The van der Waals surface area contributed by atoms with E-state index in [4.69, 9.17) is 4.42 Å². The molecule has 0 bridgehead atoms. The first-order valence-corrected chi connectivity index (χ1v) is 8.85. The van der Waals surface area contributed by atoms with E-state index in [0.29, 0.717) is 23.2 Å². The predicted octanol–water partition coefficient (Wildman–Crippen LogP) is 4.10. The van der Waals surface area contributed by atoms with Crippen LogP contribution in [0.1, 0.15) is 27.6 Å². The number of amides is 1. The van der Waals surface area contributed by atoms with Gasteiger partial charge in [-0.05, 0) is 51.1 Å². The fourth-order valence-electron chi connectivity index (χ4n) is 2.95. The Bertz CT molecular complexity index is 1130. The summed E-state index contributed by atoms with van der Waals surface area (Å²) in [5.74, 6) is 1.22. The highest BCUT2D eigenvalue weighted by atomic mass is 16.4. The topological polar surface area (TPSA) is 85.8 Å². The van der Waals surface area contributed by atoms with E-state index >= 15 is 0 Å². The molecule has 140 valence electrons. The Morgan fingerprint density at radius 3 is 2.50 bits per heavy atom. The van der Waals surface area contributed by atoms with Gasteiger partial charge in [0.15, 0.2) is 11.5 Å². The van der Waals surface area contributed by atoms with Gasteiger partial charge in [0, 0.05) is 11.3 Å². The molecular weight excluding hydrogens is 354 g/mol. The number of carbonyl (C=O) groups excluding carboxylic acids is 1. The summed E-state index contributed by atoms with van der Waals surface area (Å²) < 4.78 is 7.41. The van der Waals surface area contributed by atoms with Gasteiger partial charge in [-0.25, -0.2) is 14.6 Å². The molecule has 0 unspecified atom stereocenters. The van der Waals surface area contributed by atoms with Crippen molar-refractivity contribution in [2.75, 3.05) is 5.32 Å². The molecule has 0 aliphatic carbocycles. The highest BCUT2D eigenvalue weighted by molar-refractivity contribution is 6.03. The van der Waals surface area contributed by atoms with Crippen LogP contribution in [0.5, 0.6) is 0 Å². The monoisotopic (exact) mass is 373 g/mol. The molecule has 0 radical (unpaired) electrons. The predicted molar refractivity (Wildman–Crippen MR) is 105 cm³/mol. The number of oxazole rings is 1. The molecule has 1 amide bonds. The average Bonchev–Trinajstić information content (AvgIpc) is 3.25. The number of benzene rings is 1. The van der Waals surface area contributed by atoms with Gasteiger partial charge >= 0.3 is 0 Å². The van der Waals surface area contributed by atoms with Crippen LogP contribution >= 0.6 is 0 Å². The van der Waals surface area contributed by atoms with E-state index in [1.807, 2.05) is 50.2 Å². The molecule has 0 aliphatic heterocycles. The lowest BCUT2D eigenvalue weighted by atomic mass is 10.2. The minimum absolute atomic E-state index is 0.251. The van der Waals surface area contributed by atoms with E-state index in [1.165, 1.54) is 0 Å². The molecule has 0 saturated heterocycles. The third kappa shape index (κ3) is 3.42. The zero-order valence-corrected chi connectivity index (χ0v) is 15.8. The summed E-state index contributed by atoms with van der Waals surface area (Å²) in [6.45, 7) is 5.62. The molecule has 4 aromatic rings. The number of aryl methyl sites for hydroxylation is 3. The van der Waals surface area contributed by atoms with E-state index in [-0.39, 0.29) is 11.6 Å². The van der Waals surface area contributed by atoms with Crippen molar-refractivity contribution in [2.24, 2.45) is 0 Å². The highest BCUT2D eigenvalue weighted by Gasteiger charge is 2.18. The van der Waals surface area contributed by atoms with Gasteiger partial charge in [-0.3, -0.25) is 4.79 Å². The Balaban J connectivity index is 1.53. The van der Waals surface area contributed by atoms with Gasteiger partial charge in [-0.15, -0.1) is 0 Å². The quantitative estimate of drug-likeness (QED) is 0.582. The highest BCUT2D eigenvalue weighted by Crippen LogP contribution is 2.22. The summed E-state index contributed by atoms with van der Waals surface area (Å²) in [4.78, 5) is 21.3. The van der Waals surface area contributed by atoms with Crippen molar-refractivity contribution in [3.8, 4) is 17.3 Å². The summed E-state index contributed by atoms with van der Waals surface area (Å²) in [6.07, 6.45) is 1.59. The number of rotatable bonds is 4. The second-order valence-corrected chi connectivity index (χ2v) is 6.49. The Kier molecular flexibility index (Phi) is 4.49. The lowest BCUT2D eigenvalue weighted by molar-refractivity contribution is 0.102. The molecule has 0 spiro atoms. The van der Waals surface area contributed by atoms with Crippen molar-refractivity contribution in [2.45, 2.75) is 20.8 Å². The molecular formula is C21H19N5O2. The van der Waals surface area contributed by atoms with Crippen LogP contribution in [0, 0.1) is 20.8 Å². The third-order valence-corrected chi connectivity index (χ3v) is 4.26. The zero-order chi connectivity index (χ0) is 19.7. The minimum Gasteiger partial charge on any atom is -0.441 e. The van der Waals surface area contributed by atoms with Crippen LogP contribution in [0.15, 0.2) is 59.1 Å². The zero-order valence-electron chi connectivity index (χ0n) is 15.8. The molecule has 1 N–H and O–H groups in total. The molecule has 0 aliphatic rings. The number of hydrogen-bond acceptors (Lipinski definition) is 5. The maximum Gasteiger partial charge on any atom is 0.277 e. The molecule has 28 heavy (non-hydrogen) atoms. The molecule has 3 heterocycles. The van der Waals surface area contributed by atoms with Crippen molar-refractivity contribution < 1.29 is 9.21 Å². The van der Waals surface area contributed by atoms with Crippen LogP contribution in [-0.2, 0) is 0 Å². The number of nitrogens with zero attached hydrogens (tertiary/aromatic N) is 4. The number of aromatic nitrogens is 4. The number of carbonyl (C=O) groups is 1. The van der Waals surface area contributed by atoms with Gasteiger partial charge in [-0.1, -0.05) is 18.2 Å². The minimum atomic E-state index is -0.343. The van der Waals surface area contributed by atoms with E-state index in [9.17, 15) is 4.79 Å². The normalized spacial score (nSPS) is 10.8. The second kappa shape index (κ2) is 7.11. The first-order valence-electron chi connectivity index (χ1n) is 8.85. The lowest BCUT2D eigenvalue weighted by Crippen LogP contribution is -2.14. The molecule has 7 heteroatoms. The van der Waals surface area contributed by atoms with Crippen molar-refractivity contribution in [3.05, 3.63) is 77.6 Å². The van der Waals surface area contributed by atoms with Crippen LogP contribution in [-0.4, -0.2) is 25.7 Å². The van der Waals surface area contributed by atoms with Gasteiger partial charge in [0.05, 0.1) is 17.6 Å². The van der Waals surface area contributed by atoms with Crippen LogP contribution in [0.3, 0.4) is 0 Å². The number of hydrogen-bond donors (Lipinski definition) is 1. The van der Waals surface area contributed by atoms with Gasteiger partial charge in [-0.2, -0.15) is 5.10 Å². The van der Waals surface area contributed by atoms with Crippen LogP contribution in [0.25, 0.3) is 17.3 Å². The fraction of sp³-hybridized carbons (Fsp3) is 0.143. The first-order chi connectivity index (χ1) is 13.5. The van der Waals surface area contributed by atoms with Crippen molar-refractivity contribution in [1.82, 2.24) is 19.7 Å². The smallest absolute Gasteiger partial charge is 0.277 e. The summed E-state index contributed by atoms with van der Waals surface area (Å²) in [5, 5.41) is 7.21. The van der Waals surface area contributed by atoms with E-state index < -0.39 is 0 Å². The largest absolute Gasteiger partial charge is 0.441 e. The molecule has 7 nitrogen and oxygen atoms in total. The van der Waals surface area contributed by atoms with Crippen molar-refractivity contribution in [1.29, 1.82) is 0 Å². The Labute approximate surface area is 162 Å². The number of nitrogens with one attached hydrogen (secondary N) is 1. The molecule has 0 fully saturated rings. The molecule has 0 atom stereocenters. The van der Waals surface area contributed by atoms with Gasteiger partial charge in [0.25, 0.3) is 5.91 Å². The maximum absolute atomic E-state index is 12.6. The fourth-order valence-corrected chi connectivity index (χ4v) is 2.95. The SMILES string of the molecule is Cc1cc(C)n(-c2ccc(NC(=O)c3nc(-c4ccccc4)oc3C)cn2)n1. The maximum atomic E-state index is 12.6. The summed E-state index contributed by atoms with van der Waals surface area (Å²) in [6, 6.07) is 15.0. The van der Waals surface area contributed by atoms with E-state index in [0.717, 1.165) is 17.0 Å². The van der Waals surface area contributed by atoms with Crippen molar-refractivity contribution in [3.63, 3.8) is 0 Å². The Hall–Kier alpha value is -3.74. The molecule has 4 rings (SSSR count). The number of pyridine rings is 1. The molecule has 3 aromatic heterocycles. The van der Waals surface area contributed by atoms with Crippen LogP contribution < -0.4 is 5.32 Å². The standard InChI is InChI=1S/C21H19N5O2/c1-13-11-14(2)26(25-13)18-10-9-17(12-22-18)23-20(27)19-15(3)28-21(24-19)16-7-5-4-6-8-16/h4-12H,1-3H3,(H,23,27). The van der Waals surface area contributed by atoms with Gasteiger partial charge in [0.1, 0.15) is 5.76 Å². The Morgan fingerprint density at radius 1 is 1.07 bits per heavy atom. The average molecular weight is 373 g/mol. The molecule has 0 saturated carbocycles. The third-order valence-electron chi connectivity index (χ3n) is 4.26. The summed E-state index contributed by atoms with van der Waals surface area (Å²) in [7, 11) is 0. The molecule has 1 aromatic carbocycles. The summed E-state index contributed by atoms with van der Waals surface area (Å²) >= 11 is 0. The number of anilines is 1.